The summed E-state index contributed by atoms with van der Waals surface area (Å²) in [5, 5.41) is 23.1. The maximum absolute atomic E-state index is 12.4. The second kappa shape index (κ2) is 14.2. The lowest BCUT2D eigenvalue weighted by molar-refractivity contribution is 0.271. The Morgan fingerprint density at radius 2 is 1.31 bits per heavy atom. The summed E-state index contributed by atoms with van der Waals surface area (Å²) in [5.74, 6) is 3.36. The Hall–Kier alpha value is -5.76. The van der Waals surface area contributed by atoms with Crippen molar-refractivity contribution in [3.05, 3.63) is 139 Å². The van der Waals surface area contributed by atoms with Gasteiger partial charge in [-0.1, -0.05) is 41.3 Å². The summed E-state index contributed by atoms with van der Waals surface area (Å²) in [7, 11) is 0. The first-order chi connectivity index (χ1) is 24.7. The van der Waals surface area contributed by atoms with E-state index in [4.69, 9.17) is 6.42 Å². The zero-order chi connectivity index (χ0) is 35.6. The molecule has 0 radical (unpaired) electrons. The fourth-order valence-electron chi connectivity index (χ4n) is 7.25. The van der Waals surface area contributed by atoms with E-state index in [-0.39, 0.29) is 42.2 Å². The van der Waals surface area contributed by atoms with Gasteiger partial charge in [-0.25, -0.2) is 9.97 Å². The minimum absolute atomic E-state index is 0.125. The van der Waals surface area contributed by atoms with E-state index in [0.717, 1.165) is 48.2 Å². The summed E-state index contributed by atoms with van der Waals surface area (Å²) in [6.45, 7) is 4.09. The van der Waals surface area contributed by atoms with Crippen LogP contribution in [0.4, 0.5) is 11.4 Å². The molecule has 2 heterocycles. The Morgan fingerprint density at radius 3 is 1.88 bits per heavy atom. The minimum atomic E-state index is -0.283. The van der Waals surface area contributed by atoms with Crippen molar-refractivity contribution in [1.82, 2.24) is 19.9 Å². The standard InChI is InChI=1S/C22H21N3O2.C19H19N3O2/c1-3-10-25(16-7-4-14(2)5-8-16)20-9-6-15-11-19-18(12-17(15)20)22(27)24-21(13-26)23-19;1-11-2-5-13(6-3-11)20-16-7-4-12-8-17-15(9-14(12)16)19(24)22-18(10-23)21-17/h1,4-5,7-8,11-12,20,26H,6,9-10,13H2,2H3,(H,23,24,27);2-3,5-6,8-9,16,20,23H,4,7,10H2,1H3,(H,21,22,24). The molecule has 0 amide bonds. The number of aliphatic hydroxyl groups excluding tert-OH is 2. The van der Waals surface area contributed by atoms with Crippen LogP contribution >= 0.6 is 0 Å². The molecular weight excluding hydrogens is 640 g/mol. The molecule has 258 valence electrons. The topological polar surface area (TPSA) is 147 Å². The van der Waals surface area contributed by atoms with Gasteiger partial charge in [0, 0.05) is 11.4 Å². The molecule has 0 bridgehead atoms. The number of aromatic amines is 2. The third-order valence-corrected chi connectivity index (χ3v) is 9.85. The molecular formula is C41H40N6O4. The Kier molecular flexibility index (Phi) is 9.41. The SMILES string of the molecule is C#CCN(c1ccc(C)cc1)C1CCc2cc3nc(CO)[nH]c(=O)c3cc21.Cc1ccc(NC2CCc3cc4nc(CO)[nH]c(=O)c4cc32)cc1. The summed E-state index contributed by atoms with van der Waals surface area (Å²) in [4.78, 5) is 40.8. The zero-order valence-electron chi connectivity index (χ0n) is 28.7. The maximum Gasteiger partial charge on any atom is 0.258 e. The van der Waals surface area contributed by atoms with Crippen LogP contribution in [0.2, 0.25) is 0 Å². The van der Waals surface area contributed by atoms with E-state index >= 15 is 0 Å². The summed E-state index contributed by atoms with van der Waals surface area (Å²) in [6.07, 6.45) is 9.44. The lowest BCUT2D eigenvalue weighted by Gasteiger charge is -2.30. The van der Waals surface area contributed by atoms with Gasteiger partial charge in [0.2, 0.25) is 0 Å². The number of aliphatic hydroxyl groups is 2. The van der Waals surface area contributed by atoms with Crippen molar-refractivity contribution in [2.24, 2.45) is 0 Å². The Bertz CT molecular complexity index is 2390. The molecule has 6 aromatic rings. The number of rotatable bonds is 7. The average Bonchev–Trinajstić information content (AvgIpc) is 3.73. The van der Waals surface area contributed by atoms with E-state index in [1.165, 1.54) is 22.3 Å². The zero-order valence-corrected chi connectivity index (χ0v) is 28.7. The Labute approximate surface area is 295 Å². The first-order valence-corrected chi connectivity index (χ1v) is 17.2. The molecule has 0 aliphatic heterocycles. The van der Waals surface area contributed by atoms with Gasteiger partial charge in [-0.2, -0.15) is 0 Å². The van der Waals surface area contributed by atoms with E-state index in [1.807, 2.05) is 24.3 Å². The lowest BCUT2D eigenvalue weighted by Crippen LogP contribution is -2.27. The van der Waals surface area contributed by atoms with Crippen LogP contribution in [-0.2, 0) is 26.1 Å². The highest BCUT2D eigenvalue weighted by Crippen LogP contribution is 2.40. The molecule has 4 aromatic carbocycles. The van der Waals surface area contributed by atoms with Crippen molar-refractivity contribution in [1.29, 1.82) is 0 Å². The largest absolute Gasteiger partial charge is 0.388 e. The van der Waals surface area contributed by atoms with E-state index in [1.54, 1.807) is 0 Å². The highest BCUT2D eigenvalue weighted by atomic mass is 16.3. The van der Waals surface area contributed by atoms with Gasteiger partial charge in [0.25, 0.3) is 11.1 Å². The second-order valence-electron chi connectivity index (χ2n) is 13.3. The lowest BCUT2D eigenvalue weighted by atomic mass is 10.0. The van der Waals surface area contributed by atoms with Gasteiger partial charge < -0.3 is 30.4 Å². The molecule has 2 aromatic heterocycles. The van der Waals surface area contributed by atoms with Gasteiger partial charge in [0.15, 0.2) is 0 Å². The smallest absolute Gasteiger partial charge is 0.258 e. The monoisotopic (exact) mass is 680 g/mol. The fraction of sp³-hybridized carbons (Fsp3) is 0.268. The highest BCUT2D eigenvalue weighted by Gasteiger charge is 2.29. The first-order valence-electron chi connectivity index (χ1n) is 17.2. The third kappa shape index (κ3) is 6.86. The van der Waals surface area contributed by atoms with Crippen LogP contribution in [0, 0.1) is 26.2 Å². The molecule has 2 atom stereocenters. The second-order valence-corrected chi connectivity index (χ2v) is 13.3. The molecule has 0 saturated carbocycles. The Morgan fingerprint density at radius 1 is 0.784 bits per heavy atom. The van der Waals surface area contributed by atoms with Crippen LogP contribution < -0.4 is 21.3 Å². The predicted molar refractivity (Wildman–Crippen MR) is 201 cm³/mol. The number of nitrogens with one attached hydrogen (secondary N) is 3. The number of aryl methyl sites for hydroxylation is 4. The molecule has 5 N–H and O–H groups in total. The van der Waals surface area contributed by atoms with Crippen molar-refractivity contribution in [3.8, 4) is 12.3 Å². The molecule has 10 heteroatoms. The summed E-state index contributed by atoms with van der Waals surface area (Å²) >= 11 is 0. The molecule has 51 heavy (non-hydrogen) atoms. The maximum atomic E-state index is 12.4. The fourth-order valence-corrected chi connectivity index (χ4v) is 7.25. The van der Waals surface area contributed by atoms with Gasteiger partial charge in [-0.3, -0.25) is 9.59 Å². The molecule has 2 aliphatic rings. The highest BCUT2D eigenvalue weighted by molar-refractivity contribution is 5.81. The van der Waals surface area contributed by atoms with Crippen LogP contribution in [-0.4, -0.2) is 36.7 Å². The van der Waals surface area contributed by atoms with Gasteiger partial charge in [-0.05, 0) is 110 Å². The number of H-pyrrole nitrogens is 2. The number of nitrogens with zero attached hydrogens (tertiary/aromatic N) is 3. The minimum Gasteiger partial charge on any atom is -0.388 e. The number of benzene rings is 4. The molecule has 0 fully saturated rings. The predicted octanol–water partition coefficient (Wildman–Crippen LogP) is 5.67. The molecule has 2 aliphatic carbocycles. The van der Waals surface area contributed by atoms with E-state index in [9.17, 15) is 19.8 Å². The van der Waals surface area contributed by atoms with Crippen molar-refractivity contribution >= 4 is 33.2 Å². The van der Waals surface area contributed by atoms with Crippen LogP contribution in [0.1, 0.15) is 70.0 Å². The molecule has 0 saturated heterocycles. The summed E-state index contributed by atoms with van der Waals surface area (Å²) in [5.41, 5.74) is 10.1. The number of hydrogen-bond donors (Lipinski definition) is 5. The Balaban J connectivity index is 0.000000160. The van der Waals surface area contributed by atoms with Gasteiger partial charge >= 0.3 is 0 Å². The quantitative estimate of drug-likeness (QED) is 0.136. The first kappa shape index (κ1) is 33.7. The van der Waals surface area contributed by atoms with Gasteiger partial charge in [0.1, 0.15) is 24.9 Å². The van der Waals surface area contributed by atoms with Gasteiger partial charge in [0.05, 0.1) is 40.4 Å². The third-order valence-electron chi connectivity index (χ3n) is 9.85. The van der Waals surface area contributed by atoms with E-state index < -0.39 is 0 Å². The number of terminal acetylenes is 1. The number of fused-ring (bicyclic) bond motifs is 4. The van der Waals surface area contributed by atoms with Crippen LogP contribution in [0.5, 0.6) is 0 Å². The van der Waals surface area contributed by atoms with Gasteiger partial charge in [-0.15, -0.1) is 6.42 Å². The molecule has 10 nitrogen and oxygen atoms in total. The average molecular weight is 681 g/mol. The normalized spacial score (nSPS) is 15.9. The van der Waals surface area contributed by atoms with Crippen LogP contribution in [0.25, 0.3) is 21.8 Å². The van der Waals surface area contributed by atoms with Crippen molar-refractivity contribution in [3.63, 3.8) is 0 Å². The van der Waals surface area contributed by atoms with Crippen LogP contribution in [0.15, 0.2) is 82.4 Å². The van der Waals surface area contributed by atoms with Crippen molar-refractivity contribution in [2.75, 3.05) is 16.8 Å². The number of anilines is 2. The molecule has 0 spiro atoms. The molecule has 2 unspecified atom stereocenters. The molecule has 8 rings (SSSR count). The summed E-state index contributed by atoms with van der Waals surface area (Å²) < 4.78 is 0. The van der Waals surface area contributed by atoms with Crippen molar-refractivity contribution in [2.45, 2.75) is 64.8 Å². The van der Waals surface area contributed by atoms with Crippen molar-refractivity contribution < 1.29 is 10.2 Å². The van der Waals surface area contributed by atoms with E-state index in [2.05, 4.69) is 98.5 Å². The number of hydrogen-bond acceptors (Lipinski definition) is 8. The number of aromatic nitrogens is 4. The van der Waals surface area contributed by atoms with E-state index in [0.29, 0.717) is 34.2 Å². The van der Waals surface area contributed by atoms with Crippen LogP contribution in [0.3, 0.4) is 0 Å². The summed E-state index contributed by atoms with van der Waals surface area (Å²) in [6, 6.07) is 24.8.